The number of ether oxygens (including phenoxy) is 2. The summed E-state index contributed by atoms with van der Waals surface area (Å²) in [5, 5.41) is 3.26. The molecule has 5 nitrogen and oxygen atoms in total. The van der Waals surface area contributed by atoms with Gasteiger partial charge in [-0.25, -0.2) is 4.98 Å². The molecule has 0 saturated heterocycles. The normalized spacial score (nSPS) is 12.3. The first-order chi connectivity index (χ1) is 9.02. The Hall–Kier alpha value is -1.62. The Bertz CT molecular complexity index is 407. The topological polar surface area (TPSA) is 60.5 Å². The highest BCUT2D eigenvalue weighted by Crippen LogP contribution is 2.15. The first-order valence-corrected chi connectivity index (χ1v) is 6.43. The third kappa shape index (κ3) is 5.70. The van der Waals surface area contributed by atoms with Crippen molar-refractivity contribution in [3.8, 4) is 5.88 Å². The van der Waals surface area contributed by atoms with Crippen LogP contribution in [0, 0.1) is 0 Å². The van der Waals surface area contributed by atoms with E-state index in [1.165, 1.54) is 7.11 Å². The molecule has 1 atom stereocenters. The van der Waals surface area contributed by atoms with E-state index in [1.54, 1.807) is 6.20 Å². The quantitative estimate of drug-likeness (QED) is 0.764. The second-order valence-corrected chi connectivity index (χ2v) is 4.70. The van der Waals surface area contributed by atoms with Crippen molar-refractivity contribution < 1.29 is 14.3 Å². The van der Waals surface area contributed by atoms with Crippen molar-refractivity contribution in [1.29, 1.82) is 0 Å². The average molecular weight is 266 g/mol. The summed E-state index contributed by atoms with van der Waals surface area (Å²) < 4.78 is 10.3. The zero-order valence-corrected chi connectivity index (χ0v) is 12.0. The summed E-state index contributed by atoms with van der Waals surface area (Å²) in [6.45, 7) is 6.47. The van der Waals surface area contributed by atoms with Crippen molar-refractivity contribution in [2.24, 2.45) is 0 Å². The summed E-state index contributed by atoms with van der Waals surface area (Å²) in [7, 11) is 1.39. The summed E-state index contributed by atoms with van der Waals surface area (Å²) in [6, 6.07) is 3.87. The molecule has 0 aromatic carbocycles. The Morgan fingerprint density at radius 1 is 1.42 bits per heavy atom. The van der Waals surface area contributed by atoms with Gasteiger partial charge in [0, 0.05) is 24.3 Å². The molecular formula is C14H22N2O3. The Morgan fingerprint density at radius 2 is 2.16 bits per heavy atom. The Kier molecular flexibility index (Phi) is 6.29. The number of rotatable bonds is 7. The van der Waals surface area contributed by atoms with Crippen molar-refractivity contribution in [3.05, 3.63) is 23.9 Å². The summed E-state index contributed by atoms with van der Waals surface area (Å²) in [5.41, 5.74) is 0.980. The average Bonchev–Trinajstić information content (AvgIpc) is 2.37. The van der Waals surface area contributed by atoms with E-state index in [1.807, 2.05) is 32.9 Å². The molecule has 1 unspecified atom stereocenters. The molecule has 1 aromatic rings. The standard InChI is InChI=1S/C14H22N2O3/c1-10(2)19-14-12(6-5-7-15-14)9-16-11(3)8-13(17)18-4/h5-7,10-11,16H,8-9H2,1-4H3. The van der Waals surface area contributed by atoms with E-state index >= 15 is 0 Å². The second-order valence-electron chi connectivity index (χ2n) is 4.70. The predicted octanol–water partition coefficient (Wildman–Crippen LogP) is 1.91. The molecule has 0 bridgehead atoms. The fraction of sp³-hybridized carbons (Fsp3) is 0.571. The first-order valence-electron chi connectivity index (χ1n) is 6.43. The molecule has 1 rings (SSSR count). The van der Waals surface area contributed by atoms with Crippen LogP contribution in [0.3, 0.4) is 0 Å². The zero-order chi connectivity index (χ0) is 14.3. The molecule has 0 saturated carbocycles. The molecular weight excluding hydrogens is 244 g/mol. The zero-order valence-electron chi connectivity index (χ0n) is 12.0. The molecule has 0 aliphatic rings. The Balaban J connectivity index is 2.54. The lowest BCUT2D eigenvalue weighted by molar-refractivity contribution is -0.141. The molecule has 1 aromatic heterocycles. The molecule has 106 valence electrons. The molecule has 0 fully saturated rings. The second kappa shape index (κ2) is 7.74. The van der Waals surface area contributed by atoms with Crippen molar-refractivity contribution >= 4 is 5.97 Å². The minimum atomic E-state index is -0.218. The lowest BCUT2D eigenvalue weighted by Crippen LogP contribution is -2.28. The predicted molar refractivity (Wildman–Crippen MR) is 72.9 cm³/mol. The maximum Gasteiger partial charge on any atom is 0.307 e. The number of hydrogen-bond acceptors (Lipinski definition) is 5. The highest BCUT2D eigenvalue weighted by Gasteiger charge is 2.11. The summed E-state index contributed by atoms with van der Waals surface area (Å²) in [4.78, 5) is 15.4. The molecule has 0 amide bonds. The van der Waals surface area contributed by atoms with Gasteiger partial charge in [-0.05, 0) is 26.8 Å². The number of carbonyl (C=O) groups excluding carboxylic acids is 1. The van der Waals surface area contributed by atoms with Gasteiger partial charge in [-0.1, -0.05) is 6.07 Å². The van der Waals surface area contributed by atoms with E-state index in [0.717, 1.165) is 5.56 Å². The summed E-state index contributed by atoms with van der Waals surface area (Å²) in [6.07, 6.45) is 2.14. The van der Waals surface area contributed by atoms with Gasteiger partial charge in [-0.3, -0.25) is 4.79 Å². The number of nitrogens with zero attached hydrogens (tertiary/aromatic N) is 1. The van der Waals surface area contributed by atoms with Gasteiger partial charge in [0.05, 0.1) is 19.6 Å². The van der Waals surface area contributed by atoms with Gasteiger partial charge in [-0.2, -0.15) is 0 Å². The van der Waals surface area contributed by atoms with Crippen LogP contribution in [0.2, 0.25) is 0 Å². The molecule has 1 heterocycles. The van der Waals surface area contributed by atoms with E-state index in [4.69, 9.17) is 4.74 Å². The van der Waals surface area contributed by atoms with Crippen LogP contribution >= 0.6 is 0 Å². The van der Waals surface area contributed by atoms with Gasteiger partial charge in [0.25, 0.3) is 0 Å². The Morgan fingerprint density at radius 3 is 2.79 bits per heavy atom. The van der Waals surface area contributed by atoms with Gasteiger partial charge in [0.1, 0.15) is 0 Å². The van der Waals surface area contributed by atoms with Gasteiger partial charge >= 0.3 is 5.97 Å². The van der Waals surface area contributed by atoms with Crippen LogP contribution in [0.4, 0.5) is 0 Å². The summed E-state index contributed by atoms with van der Waals surface area (Å²) in [5.74, 6) is 0.417. The van der Waals surface area contributed by atoms with Crippen molar-refractivity contribution in [2.75, 3.05) is 7.11 Å². The molecule has 0 aliphatic carbocycles. The van der Waals surface area contributed by atoms with Crippen LogP contribution in [-0.4, -0.2) is 30.2 Å². The van der Waals surface area contributed by atoms with Crippen LogP contribution in [0.25, 0.3) is 0 Å². The van der Waals surface area contributed by atoms with E-state index in [-0.39, 0.29) is 18.1 Å². The fourth-order valence-electron chi connectivity index (χ4n) is 1.58. The number of esters is 1. The lowest BCUT2D eigenvalue weighted by atomic mass is 10.2. The van der Waals surface area contributed by atoms with E-state index in [9.17, 15) is 4.79 Å². The van der Waals surface area contributed by atoms with Crippen LogP contribution in [0.1, 0.15) is 32.8 Å². The molecule has 0 aliphatic heterocycles. The third-order valence-electron chi connectivity index (χ3n) is 2.54. The number of aromatic nitrogens is 1. The van der Waals surface area contributed by atoms with Crippen molar-refractivity contribution in [3.63, 3.8) is 0 Å². The first kappa shape index (κ1) is 15.4. The molecule has 0 spiro atoms. The maximum absolute atomic E-state index is 11.1. The lowest BCUT2D eigenvalue weighted by Gasteiger charge is -2.16. The minimum absolute atomic E-state index is 0.0413. The Labute approximate surface area is 114 Å². The van der Waals surface area contributed by atoms with Crippen molar-refractivity contribution in [1.82, 2.24) is 10.3 Å². The molecule has 5 heteroatoms. The number of methoxy groups -OCH3 is 1. The number of nitrogens with one attached hydrogen (secondary N) is 1. The number of pyridine rings is 1. The van der Waals surface area contributed by atoms with Crippen LogP contribution in [0.15, 0.2) is 18.3 Å². The van der Waals surface area contributed by atoms with Gasteiger partial charge in [-0.15, -0.1) is 0 Å². The van der Waals surface area contributed by atoms with Crippen LogP contribution < -0.4 is 10.1 Å². The van der Waals surface area contributed by atoms with E-state index < -0.39 is 0 Å². The van der Waals surface area contributed by atoms with Crippen LogP contribution in [-0.2, 0) is 16.1 Å². The molecule has 19 heavy (non-hydrogen) atoms. The highest BCUT2D eigenvalue weighted by molar-refractivity contribution is 5.69. The minimum Gasteiger partial charge on any atom is -0.475 e. The SMILES string of the molecule is COC(=O)CC(C)NCc1cccnc1OC(C)C. The third-order valence-corrected chi connectivity index (χ3v) is 2.54. The van der Waals surface area contributed by atoms with E-state index in [2.05, 4.69) is 15.0 Å². The van der Waals surface area contributed by atoms with E-state index in [0.29, 0.717) is 18.8 Å². The summed E-state index contributed by atoms with van der Waals surface area (Å²) >= 11 is 0. The number of carbonyl (C=O) groups is 1. The maximum atomic E-state index is 11.1. The smallest absolute Gasteiger partial charge is 0.307 e. The van der Waals surface area contributed by atoms with Crippen molar-refractivity contribution in [2.45, 2.75) is 45.9 Å². The molecule has 0 radical (unpaired) electrons. The van der Waals surface area contributed by atoms with Gasteiger partial charge < -0.3 is 14.8 Å². The van der Waals surface area contributed by atoms with Gasteiger partial charge in [0.2, 0.25) is 5.88 Å². The van der Waals surface area contributed by atoms with Crippen LogP contribution in [0.5, 0.6) is 5.88 Å². The molecule has 1 N–H and O–H groups in total. The largest absolute Gasteiger partial charge is 0.475 e. The van der Waals surface area contributed by atoms with Gasteiger partial charge in [0.15, 0.2) is 0 Å². The number of hydrogen-bond donors (Lipinski definition) is 1. The monoisotopic (exact) mass is 266 g/mol. The highest BCUT2D eigenvalue weighted by atomic mass is 16.5. The fourth-order valence-corrected chi connectivity index (χ4v) is 1.58.